The molecule has 0 radical (unpaired) electrons. The number of aryl methyl sites for hydroxylation is 1. The molecule has 0 aliphatic carbocycles. The van der Waals surface area contributed by atoms with Gasteiger partial charge in [0.15, 0.2) is 0 Å². The van der Waals surface area contributed by atoms with Crippen LogP contribution in [0.25, 0.3) is 0 Å². The zero-order chi connectivity index (χ0) is 16.9. The normalized spacial score (nSPS) is 15.0. The Morgan fingerprint density at radius 2 is 1.88 bits per heavy atom. The Bertz CT molecular complexity index is 724. The number of nitrogens with one attached hydrogen (secondary N) is 1. The van der Waals surface area contributed by atoms with Gasteiger partial charge in [0.1, 0.15) is 0 Å². The molecule has 1 amide bonds. The van der Waals surface area contributed by atoms with E-state index in [0.717, 1.165) is 34.5 Å². The van der Waals surface area contributed by atoms with Crippen LogP contribution in [0.4, 0.5) is 11.4 Å². The number of rotatable bonds is 3. The Hall–Kier alpha value is -1.88. The third-order valence-electron chi connectivity index (χ3n) is 4.39. The zero-order valence-corrected chi connectivity index (χ0v) is 15.5. The topological polar surface area (TPSA) is 45.2 Å². The lowest BCUT2D eigenvalue weighted by Crippen LogP contribution is -2.24. The fourth-order valence-corrected chi connectivity index (χ4v) is 3.31. The summed E-state index contributed by atoms with van der Waals surface area (Å²) in [5.74, 6) is -0.130. The molecule has 1 fully saturated rings. The largest absolute Gasteiger partial charge is 0.370 e. The van der Waals surface area contributed by atoms with Crippen molar-refractivity contribution >= 4 is 33.2 Å². The second-order valence-electron chi connectivity index (χ2n) is 6.25. The maximum atomic E-state index is 12.5. The number of carbonyl (C=O) groups excluding carboxylic acids is 1. The molecular formula is C19H22BrN3O. The second-order valence-corrected chi connectivity index (χ2v) is 7.11. The predicted octanol–water partition coefficient (Wildman–Crippen LogP) is 4.79. The zero-order valence-electron chi connectivity index (χ0n) is 13.9. The molecule has 1 saturated heterocycles. The first-order chi connectivity index (χ1) is 11.6. The summed E-state index contributed by atoms with van der Waals surface area (Å²) in [6.07, 6.45) is 8.45. The Morgan fingerprint density at radius 3 is 2.58 bits per heavy atom. The SMILES string of the molecule is Cc1ccc(NC(=O)c2cncc(N3CCCCCC3)c2)cc1Br. The number of anilines is 2. The molecule has 1 aliphatic heterocycles. The van der Waals surface area contributed by atoms with Crippen LogP contribution in [0.15, 0.2) is 41.1 Å². The van der Waals surface area contributed by atoms with Gasteiger partial charge < -0.3 is 10.2 Å². The quantitative estimate of drug-likeness (QED) is 0.823. The minimum atomic E-state index is -0.130. The van der Waals surface area contributed by atoms with Gasteiger partial charge in [0.2, 0.25) is 0 Å². The van der Waals surface area contributed by atoms with E-state index >= 15 is 0 Å². The summed E-state index contributed by atoms with van der Waals surface area (Å²) in [7, 11) is 0. The number of pyridine rings is 1. The van der Waals surface area contributed by atoms with E-state index in [1.807, 2.05) is 37.4 Å². The fraction of sp³-hybridized carbons (Fsp3) is 0.368. The number of hydrogen-bond donors (Lipinski definition) is 1. The standard InChI is InChI=1S/C19H22BrN3O/c1-14-6-7-16(11-18(14)20)22-19(24)15-10-17(13-21-12-15)23-8-4-2-3-5-9-23/h6-7,10-13H,2-5,8-9H2,1H3,(H,22,24). The molecule has 1 aromatic heterocycles. The number of halogens is 1. The fourth-order valence-electron chi connectivity index (χ4n) is 2.93. The van der Waals surface area contributed by atoms with E-state index in [0.29, 0.717) is 5.56 Å². The monoisotopic (exact) mass is 387 g/mol. The van der Waals surface area contributed by atoms with Crippen LogP contribution in [-0.4, -0.2) is 24.0 Å². The average Bonchev–Trinajstić information content (AvgIpc) is 2.88. The molecule has 1 aromatic carbocycles. The third-order valence-corrected chi connectivity index (χ3v) is 5.24. The average molecular weight is 388 g/mol. The Morgan fingerprint density at radius 1 is 1.12 bits per heavy atom. The molecule has 3 rings (SSSR count). The van der Waals surface area contributed by atoms with Gasteiger partial charge in [-0.1, -0.05) is 34.8 Å². The highest BCUT2D eigenvalue weighted by molar-refractivity contribution is 9.10. The van der Waals surface area contributed by atoms with Crippen LogP contribution in [0.3, 0.4) is 0 Å². The third kappa shape index (κ3) is 4.15. The molecule has 0 saturated carbocycles. The lowest BCUT2D eigenvalue weighted by Gasteiger charge is -2.22. The van der Waals surface area contributed by atoms with E-state index in [2.05, 4.69) is 31.1 Å². The maximum absolute atomic E-state index is 12.5. The molecule has 2 heterocycles. The van der Waals surface area contributed by atoms with Crippen molar-refractivity contribution in [2.75, 3.05) is 23.3 Å². The lowest BCUT2D eigenvalue weighted by molar-refractivity contribution is 0.102. The second kappa shape index (κ2) is 7.79. The van der Waals surface area contributed by atoms with Crippen LogP contribution in [0.1, 0.15) is 41.6 Å². The van der Waals surface area contributed by atoms with Crippen molar-refractivity contribution in [1.29, 1.82) is 0 Å². The van der Waals surface area contributed by atoms with Gasteiger partial charge in [-0.25, -0.2) is 0 Å². The molecule has 0 atom stereocenters. The van der Waals surface area contributed by atoms with Crippen LogP contribution in [0.2, 0.25) is 0 Å². The first-order valence-corrected chi connectivity index (χ1v) is 9.20. The number of nitrogens with zero attached hydrogens (tertiary/aromatic N) is 2. The van der Waals surface area contributed by atoms with E-state index in [1.165, 1.54) is 25.7 Å². The number of amides is 1. The lowest BCUT2D eigenvalue weighted by atomic mass is 10.2. The summed E-state index contributed by atoms with van der Waals surface area (Å²) >= 11 is 3.49. The predicted molar refractivity (Wildman–Crippen MR) is 102 cm³/mol. The summed E-state index contributed by atoms with van der Waals surface area (Å²) < 4.78 is 0.983. The van der Waals surface area contributed by atoms with Crippen LogP contribution >= 0.6 is 15.9 Å². The van der Waals surface area contributed by atoms with Gasteiger partial charge in [0.05, 0.1) is 17.4 Å². The molecule has 5 heteroatoms. The van der Waals surface area contributed by atoms with E-state index in [1.54, 1.807) is 6.20 Å². The van der Waals surface area contributed by atoms with Crippen molar-refractivity contribution in [3.8, 4) is 0 Å². The van der Waals surface area contributed by atoms with Gasteiger partial charge in [0, 0.05) is 29.4 Å². The number of carbonyl (C=O) groups is 1. The molecule has 1 N–H and O–H groups in total. The van der Waals surface area contributed by atoms with Gasteiger partial charge in [-0.15, -0.1) is 0 Å². The van der Waals surface area contributed by atoms with Crippen LogP contribution in [0.5, 0.6) is 0 Å². The highest BCUT2D eigenvalue weighted by atomic mass is 79.9. The van der Waals surface area contributed by atoms with Crippen molar-refractivity contribution in [2.45, 2.75) is 32.6 Å². The highest BCUT2D eigenvalue weighted by Crippen LogP contribution is 2.22. The molecule has 4 nitrogen and oxygen atoms in total. The summed E-state index contributed by atoms with van der Waals surface area (Å²) in [5, 5.41) is 2.94. The Balaban J connectivity index is 1.74. The number of aromatic nitrogens is 1. The van der Waals surface area contributed by atoms with Crippen molar-refractivity contribution < 1.29 is 4.79 Å². The molecular weight excluding hydrogens is 366 g/mol. The van der Waals surface area contributed by atoms with Crippen molar-refractivity contribution in [1.82, 2.24) is 4.98 Å². The van der Waals surface area contributed by atoms with E-state index in [4.69, 9.17) is 0 Å². The molecule has 1 aliphatic rings. The molecule has 0 unspecified atom stereocenters. The molecule has 2 aromatic rings. The maximum Gasteiger partial charge on any atom is 0.257 e. The first kappa shape index (κ1) is 17.0. The van der Waals surface area contributed by atoms with Crippen molar-refractivity contribution in [3.63, 3.8) is 0 Å². The van der Waals surface area contributed by atoms with E-state index in [-0.39, 0.29) is 5.91 Å². The first-order valence-electron chi connectivity index (χ1n) is 8.41. The Kier molecular flexibility index (Phi) is 5.51. The molecule has 0 bridgehead atoms. The minimum absolute atomic E-state index is 0.130. The van der Waals surface area contributed by atoms with Gasteiger partial charge in [0.25, 0.3) is 5.91 Å². The summed E-state index contributed by atoms with van der Waals surface area (Å²) in [4.78, 5) is 19.1. The number of hydrogen-bond acceptors (Lipinski definition) is 3. The molecule has 0 spiro atoms. The van der Waals surface area contributed by atoms with Gasteiger partial charge in [-0.3, -0.25) is 9.78 Å². The summed E-state index contributed by atoms with van der Waals surface area (Å²) in [6.45, 7) is 4.10. The van der Waals surface area contributed by atoms with Crippen LogP contribution in [-0.2, 0) is 0 Å². The highest BCUT2D eigenvalue weighted by Gasteiger charge is 2.13. The molecule has 126 valence electrons. The van der Waals surface area contributed by atoms with Crippen LogP contribution < -0.4 is 10.2 Å². The van der Waals surface area contributed by atoms with Gasteiger partial charge in [-0.05, 0) is 43.5 Å². The number of benzene rings is 1. The van der Waals surface area contributed by atoms with Crippen molar-refractivity contribution in [3.05, 3.63) is 52.3 Å². The summed E-state index contributed by atoms with van der Waals surface area (Å²) in [6, 6.07) is 7.74. The van der Waals surface area contributed by atoms with Crippen molar-refractivity contribution in [2.24, 2.45) is 0 Å². The van der Waals surface area contributed by atoms with E-state index < -0.39 is 0 Å². The summed E-state index contributed by atoms with van der Waals surface area (Å²) in [5.41, 5.74) is 3.54. The van der Waals surface area contributed by atoms with Gasteiger partial charge in [-0.2, -0.15) is 0 Å². The Labute approximate surface area is 151 Å². The smallest absolute Gasteiger partial charge is 0.257 e. The minimum Gasteiger partial charge on any atom is -0.370 e. The van der Waals surface area contributed by atoms with E-state index in [9.17, 15) is 4.79 Å². The van der Waals surface area contributed by atoms with Gasteiger partial charge >= 0.3 is 0 Å². The molecule has 24 heavy (non-hydrogen) atoms. The van der Waals surface area contributed by atoms with Crippen LogP contribution in [0, 0.1) is 6.92 Å².